The summed E-state index contributed by atoms with van der Waals surface area (Å²) in [6.07, 6.45) is 2.40. The highest BCUT2D eigenvalue weighted by Crippen LogP contribution is 2.30. The molecule has 0 spiro atoms. The van der Waals surface area contributed by atoms with E-state index in [1.807, 2.05) is 59.3 Å². The molecule has 7 nitrogen and oxygen atoms in total. The number of aromatic nitrogens is 3. The molecule has 4 rings (SSSR count). The van der Waals surface area contributed by atoms with Crippen LogP contribution in [-0.2, 0) is 29.1 Å². The molecule has 0 fully saturated rings. The van der Waals surface area contributed by atoms with E-state index in [1.165, 1.54) is 0 Å². The highest BCUT2D eigenvalue weighted by atomic mass is 16.5. The number of ether oxygens (including phenoxy) is 2. The second-order valence-electron chi connectivity index (χ2n) is 8.67. The van der Waals surface area contributed by atoms with Crippen LogP contribution in [0.15, 0.2) is 72.9 Å². The first-order chi connectivity index (χ1) is 16.5. The standard InChI is InChI=1S/C27H30N4O3/c1-27(2,26(32)29-16-14-22-11-7-8-15-28-22)34-25-23-17-21(19-33-3)12-13-24(23)31(30-25)18-20-9-5-4-6-10-20/h4-13,15,17H,14,16,18-19H2,1-3H3,(H,29,32). The van der Waals surface area contributed by atoms with E-state index in [0.29, 0.717) is 32.0 Å². The number of fused-ring (bicyclic) bond motifs is 1. The summed E-state index contributed by atoms with van der Waals surface area (Å²) in [5, 5.41) is 8.55. The van der Waals surface area contributed by atoms with Crippen molar-refractivity contribution in [2.45, 2.75) is 39.0 Å². The minimum atomic E-state index is -1.11. The van der Waals surface area contributed by atoms with Crippen molar-refractivity contribution >= 4 is 16.8 Å². The molecule has 0 aliphatic rings. The van der Waals surface area contributed by atoms with Gasteiger partial charge in [0, 0.05) is 32.0 Å². The lowest BCUT2D eigenvalue weighted by Gasteiger charge is -2.24. The number of rotatable bonds is 10. The summed E-state index contributed by atoms with van der Waals surface area (Å²) in [7, 11) is 1.67. The van der Waals surface area contributed by atoms with Gasteiger partial charge in [0.25, 0.3) is 5.91 Å². The van der Waals surface area contributed by atoms with E-state index in [2.05, 4.69) is 22.4 Å². The molecule has 0 atom stereocenters. The number of hydrogen-bond acceptors (Lipinski definition) is 5. The van der Waals surface area contributed by atoms with Crippen molar-refractivity contribution in [2.75, 3.05) is 13.7 Å². The maximum absolute atomic E-state index is 13.0. The van der Waals surface area contributed by atoms with E-state index in [-0.39, 0.29) is 5.91 Å². The second-order valence-corrected chi connectivity index (χ2v) is 8.67. The molecule has 2 aromatic carbocycles. The maximum Gasteiger partial charge on any atom is 0.263 e. The Labute approximate surface area is 199 Å². The number of carbonyl (C=O) groups is 1. The van der Waals surface area contributed by atoms with Gasteiger partial charge in [-0.1, -0.05) is 42.5 Å². The third-order valence-corrected chi connectivity index (χ3v) is 5.56. The number of methoxy groups -OCH3 is 1. The molecule has 2 aromatic heterocycles. The van der Waals surface area contributed by atoms with Crippen LogP contribution in [0, 0.1) is 0 Å². The lowest BCUT2D eigenvalue weighted by molar-refractivity contribution is -0.134. The Hall–Kier alpha value is -3.71. The summed E-state index contributed by atoms with van der Waals surface area (Å²) in [4.78, 5) is 17.2. The predicted molar refractivity (Wildman–Crippen MR) is 132 cm³/mol. The fourth-order valence-electron chi connectivity index (χ4n) is 3.76. The first-order valence-electron chi connectivity index (χ1n) is 11.4. The quantitative estimate of drug-likeness (QED) is 0.386. The Bertz CT molecular complexity index is 1240. The minimum absolute atomic E-state index is 0.206. The second kappa shape index (κ2) is 10.5. The summed E-state index contributed by atoms with van der Waals surface area (Å²) >= 11 is 0. The van der Waals surface area contributed by atoms with Gasteiger partial charge in [-0.05, 0) is 49.2 Å². The van der Waals surface area contributed by atoms with E-state index in [4.69, 9.17) is 14.6 Å². The van der Waals surface area contributed by atoms with Crippen LogP contribution in [-0.4, -0.2) is 39.9 Å². The van der Waals surface area contributed by atoms with E-state index < -0.39 is 5.60 Å². The Kier molecular flexibility index (Phi) is 7.23. The summed E-state index contributed by atoms with van der Waals surface area (Å²) < 4.78 is 13.4. The fourth-order valence-corrected chi connectivity index (χ4v) is 3.76. The Balaban J connectivity index is 1.54. The van der Waals surface area contributed by atoms with Gasteiger partial charge in [0.15, 0.2) is 5.60 Å². The van der Waals surface area contributed by atoms with Gasteiger partial charge in [-0.25, -0.2) is 0 Å². The zero-order valence-electron chi connectivity index (χ0n) is 19.8. The molecule has 1 N–H and O–H groups in total. The zero-order chi connectivity index (χ0) is 24.0. The molecule has 1 amide bonds. The highest BCUT2D eigenvalue weighted by Gasteiger charge is 2.31. The third-order valence-electron chi connectivity index (χ3n) is 5.56. The molecule has 0 aliphatic heterocycles. The van der Waals surface area contributed by atoms with Gasteiger partial charge in [0.2, 0.25) is 5.88 Å². The van der Waals surface area contributed by atoms with Gasteiger partial charge in [-0.15, -0.1) is 5.10 Å². The number of hydrogen-bond donors (Lipinski definition) is 1. The molecule has 176 valence electrons. The van der Waals surface area contributed by atoms with Crippen molar-refractivity contribution in [1.82, 2.24) is 20.1 Å². The number of pyridine rings is 1. The number of amides is 1. The lowest BCUT2D eigenvalue weighted by Crippen LogP contribution is -2.47. The number of nitrogens with one attached hydrogen (secondary N) is 1. The van der Waals surface area contributed by atoms with Crippen LogP contribution >= 0.6 is 0 Å². The minimum Gasteiger partial charge on any atom is -0.460 e. The first-order valence-corrected chi connectivity index (χ1v) is 11.4. The SMILES string of the molecule is COCc1ccc2c(c1)c(OC(C)(C)C(=O)NCCc1ccccn1)nn2Cc1ccccc1. The molecule has 0 aliphatic carbocycles. The van der Waals surface area contributed by atoms with Gasteiger partial charge in [-0.3, -0.25) is 14.5 Å². The zero-order valence-corrected chi connectivity index (χ0v) is 19.8. The lowest BCUT2D eigenvalue weighted by atomic mass is 10.1. The van der Waals surface area contributed by atoms with Gasteiger partial charge in [0.05, 0.1) is 24.1 Å². The van der Waals surface area contributed by atoms with Crippen LogP contribution in [0.4, 0.5) is 0 Å². The van der Waals surface area contributed by atoms with Crippen molar-refractivity contribution in [3.8, 4) is 5.88 Å². The molecule has 0 bridgehead atoms. The summed E-state index contributed by atoms with van der Waals surface area (Å²) in [6.45, 7) is 5.07. The van der Waals surface area contributed by atoms with E-state index in [9.17, 15) is 4.79 Å². The van der Waals surface area contributed by atoms with Crippen molar-refractivity contribution in [2.24, 2.45) is 0 Å². The van der Waals surface area contributed by atoms with Gasteiger partial charge in [0.1, 0.15) is 0 Å². The van der Waals surface area contributed by atoms with E-state index in [0.717, 1.165) is 27.7 Å². The molecule has 0 radical (unpaired) electrons. The monoisotopic (exact) mass is 458 g/mol. The number of carbonyl (C=O) groups excluding carboxylic acids is 1. The predicted octanol–water partition coefficient (Wildman–Crippen LogP) is 4.14. The average Bonchev–Trinajstić information content (AvgIpc) is 3.16. The van der Waals surface area contributed by atoms with Crippen LogP contribution in [0.3, 0.4) is 0 Å². The maximum atomic E-state index is 13.0. The normalized spacial score (nSPS) is 11.5. The molecule has 34 heavy (non-hydrogen) atoms. The smallest absolute Gasteiger partial charge is 0.263 e. The van der Waals surface area contributed by atoms with Crippen LogP contribution in [0.1, 0.15) is 30.7 Å². The van der Waals surface area contributed by atoms with Gasteiger partial charge < -0.3 is 14.8 Å². The Morgan fingerprint density at radius 1 is 1.03 bits per heavy atom. The topological polar surface area (TPSA) is 78.3 Å². The summed E-state index contributed by atoms with van der Waals surface area (Å²) in [5.41, 5.74) is 2.89. The number of nitrogens with zero attached hydrogens (tertiary/aromatic N) is 3. The first kappa shape index (κ1) is 23.4. The van der Waals surface area contributed by atoms with Crippen LogP contribution in [0.2, 0.25) is 0 Å². The van der Waals surface area contributed by atoms with Gasteiger partial charge in [-0.2, -0.15) is 0 Å². The summed E-state index contributed by atoms with van der Waals surface area (Å²) in [5.74, 6) is 0.219. The Morgan fingerprint density at radius 3 is 2.56 bits per heavy atom. The molecular weight excluding hydrogens is 428 g/mol. The third kappa shape index (κ3) is 5.61. The Morgan fingerprint density at radius 2 is 1.82 bits per heavy atom. The molecule has 4 aromatic rings. The van der Waals surface area contributed by atoms with Crippen molar-refractivity contribution < 1.29 is 14.3 Å². The van der Waals surface area contributed by atoms with Crippen molar-refractivity contribution in [1.29, 1.82) is 0 Å². The van der Waals surface area contributed by atoms with Crippen LogP contribution in [0.5, 0.6) is 5.88 Å². The van der Waals surface area contributed by atoms with Crippen LogP contribution in [0.25, 0.3) is 10.9 Å². The number of benzene rings is 2. The molecule has 0 unspecified atom stereocenters. The molecular formula is C27H30N4O3. The highest BCUT2D eigenvalue weighted by molar-refractivity contribution is 5.88. The molecule has 0 saturated heterocycles. The van der Waals surface area contributed by atoms with Crippen molar-refractivity contribution in [3.63, 3.8) is 0 Å². The average molecular weight is 459 g/mol. The van der Waals surface area contributed by atoms with Gasteiger partial charge >= 0.3 is 0 Å². The fraction of sp³-hybridized carbons (Fsp3) is 0.296. The molecule has 0 saturated carbocycles. The van der Waals surface area contributed by atoms with E-state index >= 15 is 0 Å². The van der Waals surface area contributed by atoms with Crippen molar-refractivity contribution in [3.05, 3.63) is 89.7 Å². The molecule has 7 heteroatoms. The van der Waals surface area contributed by atoms with Crippen LogP contribution < -0.4 is 10.1 Å². The van der Waals surface area contributed by atoms with E-state index in [1.54, 1.807) is 27.2 Å². The molecule has 2 heterocycles. The summed E-state index contributed by atoms with van der Waals surface area (Å²) in [6, 6.07) is 21.9. The largest absolute Gasteiger partial charge is 0.460 e.